The minimum Gasteiger partial charge on any atom is -0.344 e. The zero-order chi connectivity index (χ0) is 20.0. The molecule has 27 heavy (non-hydrogen) atoms. The van der Waals surface area contributed by atoms with Crippen molar-refractivity contribution < 1.29 is 14.4 Å². The molecule has 1 aromatic heterocycles. The molecule has 1 aliphatic rings. The van der Waals surface area contributed by atoms with Crippen LogP contribution < -0.4 is 10.6 Å². The average Bonchev–Trinajstić information content (AvgIpc) is 2.64. The van der Waals surface area contributed by atoms with Gasteiger partial charge in [-0.3, -0.25) is 19.4 Å². The van der Waals surface area contributed by atoms with E-state index >= 15 is 0 Å². The normalized spacial score (nSPS) is 17.6. The summed E-state index contributed by atoms with van der Waals surface area (Å²) in [7, 11) is 0. The first-order valence-corrected chi connectivity index (χ1v) is 9.58. The van der Waals surface area contributed by atoms with Crippen molar-refractivity contribution in [3.8, 4) is 0 Å². The summed E-state index contributed by atoms with van der Waals surface area (Å²) in [5.41, 5.74) is -0.238. The Morgan fingerprint density at radius 2 is 1.74 bits per heavy atom. The third-order valence-corrected chi connectivity index (χ3v) is 5.05. The largest absolute Gasteiger partial charge is 0.344 e. The van der Waals surface area contributed by atoms with Crippen LogP contribution in [0.2, 0.25) is 0 Å². The van der Waals surface area contributed by atoms with Gasteiger partial charge >= 0.3 is 0 Å². The monoisotopic (exact) mass is 374 g/mol. The summed E-state index contributed by atoms with van der Waals surface area (Å²) >= 11 is 0. The van der Waals surface area contributed by atoms with Gasteiger partial charge in [-0.2, -0.15) is 0 Å². The van der Waals surface area contributed by atoms with Gasteiger partial charge in [0.1, 0.15) is 11.7 Å². The van der Waals surface area contributed by atoms with Crippen molar-refractivity contribution in [1.82, 2.24) is 20.6 Å². The molecule has 0 unspecified atom stereocenters. The third-order valence-electron chi connectivity index (χ3n) is 5.05. The zero-order valence-electron chi connectivity index (χ0n) is 16.6. The van der Waals surface area contributed by atoms with Crippen LogP contribution in [0.1, 0.15) is 70.3 Å². The first-order chi connectivity index (χ1) is 12.7. The maximum absolute atomic E-state index is 13.1. The molecule has 7 nitrogen and oxygen atoms in total. The Morgan fingerprint density at radius 3 is 2.26 bits per heavy atom. The molecule has 0 bridgehead atoms. The van der Waals surface area contributed by atoms with Crippen molar-refractivity contribution in [2.45, 2.75) is 71.9 Å². The maximum Gasteiger partial charge on any atom is 0.272 e. The van der Waals surface area contributed by atoms with E-state index in [-0.39, 0.29) is 23.3 Å². The Bertz CT molecular complexity index is 664. The van der Waals surface area contributed by atoms with Gasteiger partial charge in [-0.15, -0.1) is 0 Å². The predicted molar refractivity (Wildman–Crippen MR) is 102 cm³/mol. The lowest BCUT2D eigenvalue weighted by molar-refractivity contribution is -0.131. The van der Waals surface area contributed by atoms with E-state index in [1.807, 2.05) is 20.8 Å². The number of hydrogen-bond acceptors (Lipinski definition) is 5. The SMILES string of the molecule is CC(=O)[C@@H](NC(=O)[C@@H](NC(=O)c1cnccn1)C1CCCCC1)C(C)(C)C. The van der Waals surface area contributed by atoms with Gasteiger partial charge in [0.25, 0.3) is 5.91 Å². The summed E-state index contributed by atoms with van der Waals surface area (Å²) in [5.74, 6) is -0.788. The van der Waals surface area contributed by atoms with Crippen molar-refractivity contribution in [3.05, 3.63) is 24.3 Å². The second-order valence-electron chi connectivity index (χ2n) is 8.36. The Balaban J connectivity index is 2.19. The predicted octanol–water partition coefficient (Wildman–Crippen LogP) is 2.28. The standard InChI is InChI=1S/C20H30N4O3/c1-13(25)17(20(2,3)4)24-19(27)16(14-8-6-5-7-9-14)23-18(26)15-12-21-10-11-22-15/h10-12,14,16-17H,5-9H2,1-4H3,(H,23,26)(H,24,27)/t16-,17+/m0/s1. The molecule has 1 heterocycles. The molecule has 0 radical (unpaired) electrons. The molecule has 1 aromatic rings. The van der Waals surface area contributed by atoms with Crippen LogP contribution in [0.5, 0.6) is 0 Å². The highest BCUT2D eigenvalue weighted by Crippen LogP contribution is 2.27. The Hall–Kier alpha value is -2.31. The van der Waals surface area contributed by atoms with E-state index in [1.54, 1.807) is 0 Å². The molecule has 2 atom stereocenters. The van der Waals surface area contributed by atoms with Crippen molar-refractivity contribution in [2.75, 3.05) is 0 Å². The Morgan fingerprint density at radius 1 is 1.07 bits per heavy atom. The quantitative estimate of drug-likeness (QED) is 0.795. The number of ketones is 1. The van der Waals surface area contributed by atoms with Gasteiger partial charge < -0.3 is 10.6 Å². The van der Waals surface area contributed by atoms with E-state index in [0.29, 0.717) is 0 Å². The number of carbonyl (C=O) groups excluding carboxylic acids is 3. The second kappa shape index (κ2) is 9.06. The molecule has 1 fully saturated rings. The van der Waals surface area contributed by atoms with Gasteiger partial charge in [-0.25, -0.2) is 4.98 Å². The van der Waals surface area contributed by atoms with Gasteiger partial charge in [0.05, 0.1) is 12.2 Å². The molecule has 0 aliphatic heterocycles. The lowest BCUT2D eigenvalue weighted by atomic mass is 9.81. The fourth-order valence-electron chi connectivity index (χ4n) is 3.66. The highest BCUT2D eigenvalue weighted by Gasteiger charge is 2.36. The molecule has 0 spiro atoms. The third kappa shape index (κ3) is 5.84. The number of Topliss-reactive ketones (excluding diaryl/α,β-unsaturated/α-hetero) is 1. The summed E-state index contributed by atoms with van der Waals surface area (Å²) in [6.45, 7) is 7.21. The van der Waals surface area contributed by atoms with E-state index in [4.69, 9.17) is 0 Å². The van der Waals surface area contributed by atoms with Crippen LogP contribution in [0.15, 0.2) is 18.6 Å². The Labute approximate surface area is 160 Å². The van der Waals surface area contributed by atoms with Crippen LogP contribution in [0.3, 0.4) is 0 Å². The van der Waals surface area contributed by atoms with Gasteiger partial charge in [0.15, 0.2) is 5.78 Å². The maximum atomic E-state index is 13.1. The minimum atomic E-state index is -0.691. The van der Waals surface area contributed by atoms with Crippen LogP contribution in [0, 0.1) is 11.3 Å². The second-order valence-corrected chi connectivity index (χ2v) is 8.36. The summed E-state index contributed by atoms with van der Waals surface area (Å²) in [5, 5.41) is 5.71. The molecule has 7 heteroatoms. The van der Waals surface area contributed by atoms with Crippen LogP contribution in [0.4, 0.5) is 0 Å². The molecule has 2 rings (SSSR count). The number of hydrogen-bond donors (Lipinski definition) is 2. The molecular weight excluding hydrogens is 344 g/mol. The summed E-state index contributed by atoms with van der Waals surface area (Å²) in [6.07, 6.45) is 9.26. The lowest BCUT2D eigenvalue weighted by Gasteiger charge is -2.34. The first kappa shape index (κ1) is 21.0. The van der Waals surface area contributed by atoms with Gasteiger partial charge in [0.2, 0.25) is 5.91 Å². The average molecular weight is 374 g/mol. The van der Waals surface area contributed by atoms with Crippen LogP contribution in [-0.4, -0.2) is 39.6 Å². The number of rotatable bonds is 6. The molecule has 2 N–H and O–H groups in total. The van der Waals surface area contributed by atoms with Gasteiger partial charge in [0, 0.05) is 12.4 Å². The highest BCUT2D eigenvalue weighted by atomic mass is 16.2. The molecule has 148 valence electrons. The minimum absolute atomic E-state index is 0.0481. The van der Waals surface area contributed by atoms with Crippen LogP contribution in [0.25, 0.3) is 0 Å². The van der Waals surface area contributed by atoms with Crippen molar-refractivity contribution in [3.63, 3.8) is 0 Å². The summed E-state index contributed by atoms with van der Waals surface area (Å²) < 4.78 is 0. The molecule has 0 aromatic carbocycles. The number of nitrogens with zero attached hydrogens (tertiary/aromatic N) is 2. The van der Waals surface area contributed by atoms with Crippen LogP contribution in [-0.2, 0) is 9.59 Å². The van der Waals surface area contributed by atoms with E-state index in [9.17, 15) is 14.4 Å². The summed E-state index contributed by atoms with van der Waals surface area (Å²) in [4.78, 5) is 45.6. The number of carbonyl (C=O) groups is 3. The fraction of sp³-hybridized carbons (Fsp3) is 0.650. The van der Waals surface area contributed by atoms with Crippen molar-refractivity contribution >= 4 is 17.6 Å². The van der Waals surface area contributed by atoms with E-state index < -0.39 is 23.4 Å². The first-order valence-electron chi connectivity index (χ1n) is 9.58. The molecule has 1 saturated carbocycles. The van der Waals surface area contributed by atoms with Gasteiger partial charge in [-0.05, 0) is 31.1 Å². The highest BCUT2D eigenvalue weighted by molar-refractivity contribution is 5.97. The smallest absolute Gasteiger partial charge is 0.272 e. The molecule has 1 aliphatic carbocycles. The number of amides is 2. The van der Waals surface area contributed by atoms with Gasteiger partial charge in [-0.1, -0.05) is 40.0 Å². The number of nitrogens with one attached hydrogen (secondary N) is 2. The van der Waals surface area contributed by atoms with Crippen LogP contribution >= 0.6 is 0 Å². The molecule has 2 amide bonds. The fourth-order valence-corrected chi connectivity index (χ4v) is 3.66. The summed E-state index contributed by atoms with van der Waals surface area (Å²) in [6, 6.07) is -1.30. The molecular formula is C20H30N4O3. The van der Waals surface area contributed by atoms with E-state index in [0.717, 1.165) is 32.1 Å². The van der Waals surface area contributed by atoms with E-state index in [2.05, 4.69) is 20.6 Å². The zero-order valence-corrected chi connectivity index (χ0v) is 16.6. The lowest BCUT2D eigenvalue weighted by Crippen LogP contribution is -2.57. The van der Waals surface area contributed by atoms with E-state index in [1.165, 1.54) is 25.5 Å². The van der Waals surface area contributed by atoms with Crippen molar-refractivity contribution in [2.24, 2.45) is 11.3 Å². The van der Waals surface area contributed by atoms with Crippen molar-refractivity contribution in [1.29, 1.82) is 0 Å². The molecule has 0 saturated heterocycles. The Kier molecular flexibility index (Phi) is 7.05. The number of aromatic nitrogens is 2. The topological polar surface area (TPSA) is 101 Å².